The molecule has 0 aromatic heterocycles. The lowest BCUT2D eigenvalue weighted by molar-refractivity contribution is -0.384. The first-order chi connectivity index (χ1) is 7.13. The molecule has 0 atom stereocenters. The van der Waals surface area contributed by atoms with E-state index in [1.54, 1.807) is 0 Å². The van der Waals surface area contributed by atoms with Gasteiger partial charge in [-0.2, -0.15) is 0 Å². The van der Waals surface area contributed by atoms with Crippen LogP contribution in [0, 0.1) is 10.1 Å². The summed E-state index contributed by atoms with van der Waals surface area (Å²) in [6.45, 7) is 0.321. The molecule has 82 valence electrons. The van der Waals surface area contributed by atoms with Gasteiger partial charge in [0.25, 0.3) is 5.69 Å². The molecule has 0 heterocycles. The molecule has 0 spiro atoms. The second-order valence-corrected chi connectivity index (χ2v) is 2.94. The van der Waals surface area contributed by atoms with Crippen molar-refractivity contribution in [1.29, 1.82) is 0 Å². The van der Waals surface area contributed by atoms with Crippen LogP contribution in [0.25, 0.3) is 0 Å². The third-order valence-electron chi connectivity index (χ3n) is 1.70. The first-order valence-electron chi connectivity index (χ1n) is 4.42. The summed E-state index contributed by atoms with van der Waals surface area (Å²) < 4.78 is 5.17. The number of nitrogen functional groups attached to an aromatic ring is 1. The predicted octanol–water partition coefficient (Wildman–Crippen LogP) is 0.938. The van der Waals surface area contributed by atoms with Crippen molar-refractivity contribution in [3.63, 3.8) is 0 Å². The Labute approximate surface area is 86.4 Å². The number of nitrogens with zero attached hydrogens (tertiary/aromatic N) is 1. The number of nitro benzene ring substituents is 1. The molecule has 0 radical (unpaired) electrons. The minimum atomic E-state index is -0.532. The van der Waals surface area contributed by atoms with Crippen LogP contribution in [0.1, 0.15) is 6.42 Å². The van der Waals surface area contributed by atoms with Gasteiger partial charge in [-0.05, 0) is 0 Å². The molecular weight excluding hydrogens is 200 g/mol. The molecule has 1 rings (SSSR count). The molecule has 1 aromatic rings. The summed E-state index contributed by atoms with van der Waals surface area (Å²) in [6, 6.07) is 4.07. The molecule has 0 bridgehead atoms. The van der Waals surface area contributed by atoms with Gasteiger partial charge in [0.1, 0.15) is 5.75 Å². The molecule has 3 N–H and O–H groups in total. The fourth-order valence-corrected chi connectivity index (χ4v) is 1.05. The van der Waals surface area contributed by atoms with Crippen molar-refractivity contribution in [2.45, 2.75) is 6.42 Å². The van der Waals surface area contributed by atoms with E-state index in [0.717, 1.165) is 0 Å². The third-order valence-corrected chi connectivity index (χ3v) is 1.70. The number of aliphatic hydroxyl groups is 1. The van der Waals surface area contributed by atoms with Gasteiger partial charge in [0.2, 0.25) is 0 Å². The zero-order valence-corrected chi connectivity index (χ0v) is 8.05. The van der Waals surface area contributed by atoms with Gasteiger partial charge in [0.15, 0.2) is 0 Å². The Morgan fingerprint density at radius 3 is 2.80 bits per heavy atom. The molecule has 0 fully saturated rings. The average Bonchev–Trinajstić information content (AvgIpc) is 2.17. The Kier molecular flexibility index (Phi) is 3.87. The Bertz CT molecular complexity index is 354. The maximum atomic E-state index is 10.5. The topological polar surface area (TPSA) is 98.6 Å². The molecule has 0 saturated carbocycles. The Balaban J connectivity index is 2.75. The van der Waals surface area contributed by atoms with Crippen LogP contribution in [0.5, 0.6) is 5.75 Å². The standard InChI is InChI=1S/C9H12N2O4/c10-7-4-8(11(13)14)6-9(5-7)15-3-1-2-12/h4-6,12H,1-3,10H2. The lowest BCUT2D eigenvalue weighted by Crippen LogP contribution is -2.01. The number of rotatable bonds is 5. The molecule has 0 aliphatic rings. The van der Waals surface area contributed by atoms with Gasteiger partial charge in [0, 0.05) is 30.8 Å². The van der Waals surface area contributed by atoms with E-state index in [0.29, 0.717) is 18.8 Å². The highest BCUT2D eigenvalue weighted by Gasteiger charge is 2.08. The summed E-state index contributed by atoms with van der Waals surface area (Å²) >= 11 is 0. The molecule has 0 saturated heterocycles. The van der Waals surface area contributed by atoms with E-state index in [2.05, 4.69) is 0 Å². The fraction of sp³-hybridized carbons (Fsp3) is 0.333. The van der Waals surface area contributed by atoms with Crippen LogP contribution in [0.2, 0.25) is 0 Å². The van der Waals surface area contributed by atoms with Crippen molar-refractivity contribution >= 4 is 11.4 Å². The maximum absolute atomic E-state index is 10.5. The minimum absolute atomic E-state index is 0.0183. The van der Waals surface area contributed by atoms with Crippen LogP contribution in [0.3, 0.4) is 0 Å². The number of hydrogen-bond acceptors (Lipinski definition) is 5. The molecule has 0 aliphatic heterocycles. The Morgan fingerprint density at radius 2 is 2.20 bits per heavy atom. The Hall–Kier alpha value is -1.82. The summed E-state index contributed by atoms with van der Waals surface area (Å²) in [5.74, 6) is 0.343. The molecule has 15 heavy (non-hydrogen) atoms. The zero-order valence-electron chi connectivity index (χ0n) is 8.05. The Morgan fingerprint density at radius 1 is 1.47 bits per heavy atom. The highest BCUT2D eigenvalue weighted by molar-refractivity contribution is 5.53. The number of nitrogens with two attached hydrogens (primary N) is 1. The van der Waals surface area contributed by atoms with Crippen LogP contribution in [-0.2, 0) is 0 Å². The van der Waals surface area contributed by atoms with E-state index < -0.39 is 4.92 Å². The summed E-state index contributed by atoms with van der Waals surface area (Å²) in [4.78, 5) is 9.96. The normalized spacial score (nSPS) is 9.93. The smallest absolute Gasteiger partial charge is 0.275 e. The van der Waals surface area contributed by atoms with Crippen molar-refractivity contribution in [1.82, 2.24) is 0 Å². The van der Waals surface area contributed by atoms with E-state index in [9.17, 15) is 10.1 Å². The maximum Gasteiger partial charge on any atom is 0.275 e. The van der Waals surface area contributed by atoms with E-state index >= 15 is 0 Å². The van der Waals surface area contributed by atoms with E-state index in [4.69, 9.17) is 15.6 Å². The van der Waals surface area contributed by atoms with Crippen LogP contribution >= 0.6 is 0 Å². The van der Waals surface area contributed by atoms with Gasteiger partial charge < -0.3 is 15.6 Å². The minimum Gasteiger partial charge on any atom is -0.493 e. The molecular formula is C9H12N2O4. The second-order valence-electron chi connectivity index (χ2n) is 2.94. The van der Waals surface area contributed by atoms with Crippen LogP contribution in [0.4, 0.5) is 11.4 Å². The van der Waals surface area contributed by atoms with E-state index in [-0.39, 0.29) is 18.0 Å². The zero-order chi connectivity index (χ0) is 11.3. The monoisotopic (exact) mass is 212 g/mol. The third kappa shape index (κ3) is 3.43. The van der Waals surface area contributed by atoms with Gasteiger partial charge in [-0.1, -0.05) is 0 Å². The van der Waals surface area contributed by atoms with Crippen LogP contribution < -0.4 is 10.5 Å². The van der Waals surface area contributed by atoms with Crippen molar-refractivity contribution in [3.8, 4) is 5.75 Å². The average molecular weight is 212 g/mol. The summed E-state index contributed by atoms with van der Waals surface area (Å²) in [5, 5.41) is 19.0. The van der Waals surface area contributed by atoms with E-state index in [1.165, 1.54) is 18.2 Å². The van der Waals surface area contributed by atoms with Crippen molar-refractivity contribution in [2.75, 3.05) is 18.9 Å². The number of hydrogen-bond donors (Lipinski definition) is 2. The predicted molar refractivity (Wildman–Crippen MR) is 54.7 cm³/mol. The first-order valence-corrected chi connectivity index (χ1v) is 4.42. The van der Waals surface area contributed by atoms with Gasteiger partial charge in [0.05, 0.1) is 17.6 Å². The molecule has 0 aliphatic carbocycles. The number of aliphatic hydroxyl groups excluding tert-OH is 1. The first kappa shape index (κ1) is 11.3. The molecule has 0 amide bonds. The summed E-state index contributed by atoms with van der Waals surface area (Å²) in [5.41, 5.74) is 5.65. The van der Waals surface area contributed by atoms with Gasteiger partial charge in [-0.15, -0.1) is 0 Å². The summed E-state index contributed by atoms with van der Waals surface area (Å²) in [7, 11) is 0. The van der Waals surface area contributed by atoms with Crippen molar-refractivity contribution in [2.24, 2.45) is 0 Å². The van der Waals surface area contributed by atoms with Gasteiger partial charge in [-0.25, -0.2) is 0 Å². The second kappa shape index (κ2) is 5.16. The number of ether oxygens (including phenoxy) is 1. The van der Waals surface area contributed by atoms with Gasteiger partial charge in [-0.3, -0.25) is 10.1 Å². The van der Waals surface area contributed by atoms with Crippen LogP contribution in [0.15, 0.2) is 18.2 Å². The SMILES string of the molecule is Nc1cc(OCCCO)cc([N+](=O)[O-])c1. The number of nitro groups is 1. The molecule has 1 aromatic carbocycles. The quantitative estimate of drug-likeness (QED) is 0.327. The lowest BCUT2D eigenvalue weighted by Gasteiger charge is -2.05. The molecule has 0 unspecified atom stereocenters. The fourth-order valence-electron chi connectivity index (χ4n) is 1.05. The van der Waals surface area contributed by atoms with Crippen molar-refractivity contribution < 1.29 is 14.8 Å². The number of benzene rings is 1. The highest BCUT2D eigenvalue weighted by atomic mass is 16.6. The molecule has 6 heteroatoms. The lowest BCUT2D eigenvalue weighted by atomic mass is 10.2. The van der Waals surface area contributed by atoms with Crippen LogP contribution in [-0.4, -0.2) is 23.2 Å². The number of anilines is 1. The number of non-ortho nitro benzene ring substituents is 1. The summed E-state index contributed by atoms with van der Waals surface area (Å²) in [6.07, 6.45) is 0.475. The highest BCUT2D eigenvalue weighted by Crippen LogP contribution is 2.24. The largest absolute Gasteiger partial charge is 0.493 e. The van der Waals surface area contributed by atoms with Gasteiger partial charge >= 0.3 is 0 Å². The molecule has 6 nitrogen and oxygen atoms in total. The van der Waals surface area contributed by atoms with E-state index in [1.807, 2.05) is 0 Å². The van der Waals surface area contributed by atoms with Crippen molar-refractivity contribution in [3.05, 3.63) is 28.3 Å².